The van der Waals surface area contributed by atoms with E-state index in [0.29, 0.717) is 21.5 Å². The van der Waals surface area contributed by atoms with E-state index in [1.54, 1.807) is 140 Å². The highest BCUT2D eigenvalue weighted by Gasteiger charge is 2.35. The lowest BCUT2D eigenvalue weighted by molar-refractivity contribution is 0.0659. The number of hydrogen-bond acceptors (Lipinski definition) is 9. The number of esters is 4. The molecule has 0 atom stereocenters. The standard InChI is InChI=1S/C61H36O9/c62-54(41-21-2-1-3-22-41)53-50-35-16-36-51(67-58(63)46-31-12-23-37-17-4-8-27-42(37)46)52(50)55(68-59(64)47-32-13-24-38-18-5-9-28-43(38)47)57(70-61(66)49-34-15-26-40-20-7-11-30-45(40)49)56(53)69-60(65)48-33-14-25-39-19-6-10-29-44(39)48/h1-36H. The summed E-state index contributed by atoms with van der Waals surface area (Å²) in [6, 6.07) is 62.5. The summed E-state index contributed by atoms with van der Waals surface area (Å²) >= 11 is 0. The van der Waals surface area contributed by atoms with Gasteiger partial charge in [-0.05, 0) is 73.4 Å². The Kier molecular flexibility index (Phi) is 11.1. The molecule has 11 rings (SSSR count). The summed E-state index contributed by atoms with van der Waals surface area (Å²) < 4.78 is 25.7. The smallest absolute Gasteiger partial charge is 0.344 e. The first kappa shape index (κ1) is 42.9. The third-order valence-electron chi connectivity index (χ3n) is 12.3. The second kappa shape index (κ2) is 18.2. The van der Waals surface area contributed by atoms with Crippen molar-refractivity contribution in [2.75, 3.05) is 0 Å². The molecular weight excluding hydrogens is 877 g/mol. The zero-order chi connectivity index (χ0) is 47.7. The minimum atomic E-state index is -0.940. The summed E-state index contributed by atoms with van der Waals surface area (Å²) in [5.74, 6) is -5.92. The number of rotatable bonds is 10. The summed E-state index contributed by atoms with van der Waals surface area (Å²) in [6.45, 7) is 0. The quantitative estimate of drug-likeness (QED) is 0.0749. The van der Waals surface area contributed by atoms with Gasteiger partial charge in [-0.3, -0.25) is 4.79 Å². The van der Waals surface area contributed by atoms with Crippen LogP contribution in [0.2, 0.25) is 0 Å². The van der Waals surface area contributed by atoms with Crippen LogP contribution in [-0.2, 0) is 0 Å². The SMILES string of the molecule is O=C(Oc1c(OC(=O)c2cccc3ccccc23)c(OC(=O)c2cccc3ccccc23)c2c(OC(=O)c3cccc4ccccc34)cccc2c1C(=O)c1ccccc1)c1cccc2ccccc12. The minimum Gasteiger partial charge on any atom is -0.422 e. The Morgan fingerprint density at radius 1 is 0.271 bits per heavy atom. The topological polar surface area (TPSA) is 122 Å². The van der Waals surface area contributed by atoms with Crippen molar-refractivity contribution in [3.8, 4) is 23.0 Å². The molecule has 0 heterocycles. The fourth-order valence-corrected chi connectivity index (χ4v) is 8.97. The molecule has 0 aromatic heterocycles. The van der Waals surface area contributed by atoms with Crippen molar-refractivity contribution in [2.45, 2.75) is 0 Å². The lowest BCUT2D eigenvalue weighted by Gasteiger charge is -2.22. The van der Waals surface area contributed by atoms with Crippen LogP contribution in [-0.4, -0.2) is 29.7 Å². The van der Waals surface area contributed by atoms with Gasteiger partial charge >= 0.3 is 23.9 Å². The molecule has 0 N–H and O–H groups in total. The summed E-state index contributed by atoms with van der Waals surface area (Å²) in [6.07, 6.45) is 0. The molecule has 0 aliphatic carbocycles. The van der Waals surface area contributed by atoms with Crippen molar-refractivity contribution in [3.05, 3.63) is 252 Å². The normalized spacial score (nSPS) is 11.1. The van der Waals surface area contributed by atoms with Gasteiger partial charge in [-0.2, -0.15) is 0 Å². The Morgan fingerprint density at radius 2 is 0.600 bits per heavy atom. The molecular formula is C61H36O9. The number of fused-ring (bicyclic) bond motifs is 5. The molecule has 9 heteroatoms. The Balaban J connectivity index is 1.21. The lowest BCUT2D eigenvalue weighted by atomic mass is 9.94. The average molecular weight is 913 g/mol. The fourth-order valence-electron chi connectivity index (χ4n) is 8.97. The molecule has 0 bridgehead atoms. The molecule has 0 unspecified atom stereocenters. The maximum atomic E-state index is 15.3. The van der Waals surface area contributed by atoms with Gasteiger partial charge in [0.2, 0.25) is 5.75 Å². The molecule has 0 radical (unpaired) electrons. The zero-order valence-corrected chi connectivity index (χ0v) is 37.0. The third-order valence-corrected chi connectivity index (χ3v) is 12.3. The van der Waals surface area contributed by atoms with E-state index < -0.39 is 46.9 Å². The Hall–Kier alpha value is -9.73. The largest absolute Gasteiger partial charge is 0.422 e. The Bertz CT molecular complexity index is 3930. The minimum absolute atomic E-state index is 0.0449. The van der Waals surface area contributed by atoms with E-state index in [4.69, 9.17) is 18.9 Å². The molecule has 0 fully saturated rings. The van der Waals surface area contributed by atoms with E-state index in [9.17, 15) is 19.2 Å². The number of carbonyl (C=O) groups excluding carboxylic acids is 5. The highest BCUT2D eigenvalue weighted by Crippen LogP contribution is 2.52. The molecule has 0 aliphatic heterocycles. The number of ether oxygens (including phenoxy) is 4. The summed E-state index contributed by atoms with van der Waals surface area (Å²) in [7, 11) is 0. The first-order valence-corrected chi connectivity index (χ1v) is 22.3. The molecule has 11 aromatic rings. The molecule has 0 aliphatic rings. The molecule has 70 heavy (non-hydrogen) atoms. The number of carbonyl (C=O) groups is 5. The summed E-state index contributed by atoms with van der Waals surface area (Å²) in [4.78, 5) is 74.7. The van der Waals surface area contributed by atoms with Gasteiger partial charge in [-0.25, -0.2) is 19.2 Å². The molecule has 0 saturated heterocycles. The van der Waals surface area contributed by atoms with Crippen molar-refractivity contribution in [1.29, 1.82) is 0 Å². The van der Waals surface area contributed by atoms with Gasteiger partial charge in [0.15, 0.2) is 17.3 Å². The van der Waals surface area contributed by atoms with E-state index in [0.717, 1.165) is 21.5 Å². The van der Waals surface area contributed by atoms with Crippen LogP contribution in [0, 0.1) is 0 Å². The molecule has 334 valence electrons. The van der Waals surface area contributed by atoms with Crippen LogP contribution in [0.15, 0.2) is 218 Å². The first-order valence-electron chi connectivity index (χ1n) is 22.3. The maximum absolute atomic E-state index is 15.3. The molecule has 0 amide bonds. The lowest BCUT2D eigenvalue weighted by Crippen LogP contribution is -2.19. The van der Waals surface area contributed by atoms with Gasteiger partial charge < -0.3 is 18.9 Å². The number of hydrogen-bond donors (Lipinski definition) is 0. The predicted octanol–water partition coefficient (Wildman–Crippen LogP) is 13.6. The highest BCUT2D eigenvalue weighted by molar-refractivity contribution is 6.23. The van der Waals surface area contributed by atoms with Crippen molar-refractivity contribution in [3.63, 3.8) is 0 Å². The van der Waals surface area contributed by atoms with E-state index >= 15 is 4.79 Å². The van der Waals surface area contributed by atoms with Gasteiger partial charge in [0.1, 0.15) is 5.75 Å². The molecule has 0 spiro atoms. The second-order valence-corrected chi connectivity index (χ2v) is 16.4. The number of ketones is 1. The van der Waals surface area contributed by atoms with E-state index in [-0.39, 0.29) is 49.9 Å². The van der Waals surface area contributed by atoms with Crippen molar-refractivity contribution >= 4 is 83.5 Å². The van der Waals surface area contributed by atoms with Gasteiger partial charge in [-0.15, -0.1) is 0 Å². The summed E-state index contributed by atoms with van der Waals surface area (Å²) in [5.41, 5.74) is 0.548. The van der Waals surface area contributed by atoms with Gasteiger partial charge in [-0.1, -0.05) is 188 Å². The van der Waals surface area contributed by atoms with E-state index in [2.05, 4.69) is 0 Å². The monoisotopic (exact) mass is 912 g/mol. The maximum Gasteiger partial charge on any atom is 0.344 e. The molecule has 11 aromatic carbocycles. The van der Waals surface area contributed by atoms with Crippen molar-refractivity contribution in [2.24, 2.45) is 0 Å². The zero-order valence-electron chi connectivity index (χ0n) is 37.0. The highest BCUT2D eigenvalue weighted by atomic mass is 16.6. The van der Waals surface area contributed by atoms with Gasteiger partial charge in [0.05, 0.1) is 33.2 Å². The van der Waals surface area contributed by atoms with Crippen molar-refractivity contribution in [1.82, 2.24) is 0 Å². The van der Waals surface area contributed by atoms with Gasteiger partial charge in [0, 0.05) is 10.9 Å². The third kappa shape index (κ3) is 7.83. The summed E-state index contributed by atoms with van der Waals surface area (Å²) in [5, 5.41) is 5.18. The van der Waals surface area contributed by atoms with Crippen LogP contribution in [0.4, 0.5) is 0 Å². The average Bonchev–Trinajstić information content (AvgIpc) is 3.41. The second-order valence-electron chi connectivity index (χ2n) is 16.4. The first-order chi connectivity index (χ1) is 34.3. The van der Waals surface area contributed by atoms with E-state index in [1.165, 1.54) is 6.07 Å². The van der Waals surface area contributed by atoms with Crippen LogP contribution in [0.1, 0.15) is 57.4 Å². The predicted molar refractivity (Wildman–Crippen MR) is 269 cm³/mol. The Morgan fingerprint density at radius 3 is 1.04 bits per heavy atom. The van der Waals surface area contributed by atoms with E-state index in [1.807, 2.05) is 72.8 Å². The molecule has 9 nitrogen and oxygen atoms in total. The fraction of sp³-hybridized carbons (Fsp3) is 0. The van der Waals surface area contributed by atoms with Crippen LogP contribution >= 0.6 is 0 Å². The van der Waals surface area contributed by atoms with Crippen LogP contribution in [0.5, 0.6) is 23.0 Å². The Labute approximate surface area is 399 Å². The van der Waals surface area contributed by atoms with Crippen LogP contribution in [0.25, 0.3) is 53.9 Å². The number of benzene rings is 11. The van der Waals surface area contributed by atoms with Crippen molar-refractivity contribution < 1.29 is 42.9 Å². The molecule has 0 saturated carbocycles. The van der Waals surface area contributed by atoms with Crippen LogP contribution < -0.4 is 18.9 Å². The van der Waals surface area contributed by atoms with Gasteiger partial charge in [0.25, 0.3) is 0 Å². The van der Waals surface area contributed by atoms with Crippen LogP contribution in [0.3, 0.4) is 0 Å².